The number of hydrogen-bond donors (Lipinski definition) is 3. The molecule has 0 fully saturated rings. The topological polar surface area (TPSA) is 100 Å². The molecule has 1 aromatic carbocycles. The predicted octanol–water partition coefficient (Wildman–Crippen LogP) is 1.85. The number of guanidine groups is 1. The molecule has 8 nitrogen and oxygen atoms in total. The van der Waals surface area contributed by atoms with E-state index in [0.29, 0.717) is 43.7 Å². The summed E-state index contributed by atoms with van der Waals surface area (Å²) in [7, 11) is 1.73. The first-order chi connectivity index (χ1) is 12.8. The van der Waals surface area contributed by atoms with Crippen LogP contribution in [0.5, 0.6) is 5.75 Å². The summed E-state index contributed by atoms with van der Waals surface area (Å²) in [6.07, 6.45) is 2.29. The van der Waals surface area contributed by atoms with Gasteiger partial charge in [0.2, 0.25) is 5.82 Å². The van der Waals surface area contributed by atoms with Gasteiger partial charge in [0, 0.05) is 20.0 Å². The maximum absolute atomic E-state index is 5.64. The lowest BCUT2D eigenvalue weighted by Crippen LogP contribution is -2.40. The van der Waals surface area contributed by atoms with E-state index in [1.165, 1.54) is 0 Å². The maximum Gasteiger partial charge on any atom is 0.216 e. The standard InChI is InChI=1S/C18H22N6O2/c1-19-18(21-11-13-25-14-6-3-2-4-7-14)20-10-9-16-22-17(24-23-16)15-8-5-12-26-15/h2-8,12H,9-11,13H2,1H3,(H2,19,20,21)(H,22,23,24). The quantitative estimate of drug-likeness (QED) is 0.324. The van der Waals surface area contributed by atoms with E-state index in [1.807, 2.05) is 42.5 Å². The molecule has 0 bridgehead atoms. The van der Waals surface area contributed by atoms with Gasteiger partial charge in [-0.3, -0.25) is 10.1 Å². The first-order valence-corrected chi connectivity index (χ1v) is 8.42. The summed E-state index contributed by atoms with van der Waals surface area (Å²) in [5, 5.41) is 13.5. The van der Waals surface area contributed by atoms with Crippen LogP contribution in [0.25, 0.3) is 11.6 Å². The second-order valence-corrected chi connectivity index (χ2v) is 5.42. The van der Waals surface area contributed by atoms with Crippen LogP contribution in [0.1, 0.15) is 5.82 Å². The monoisotopic (exact) mass is 354 g/mol. The summed E-state index contributed by atoms with van der Waals surface area (Å²) in [5.41, 5.74) is 0. The van der Waals surface area contributed by atoms with E-state index >= 15 is 0 Å². The van der Waals surface area contributed by atoms with Crippen LogP contribution in [0.2, 0.25) is 0 Å². The number of para-hydroxylation sites is 1. The number of furan rings is 1. The van der Waals surface area contributed by atoms with Gasteiger partial charge in [-0.25, -0.2) is 4.98 Å². The Kier molecular flexibility index (Phi) is 6.24. The first-order valence-electron chi connectivity index (χ1n) is 8.42. The van der Waals surface area contributed by atoms with Crippen LogP contribution in [0.4, 0.5) is 0 Å². The Labute approximate surface area is 151 Å². The molecule has 8 heteroatoms. The van der Waals surface area contributed by atoms with Gasteiger partial charge in [0.25, 0.3) is 0 Å². The third kappa shape index (κ3) is 5.10. The molecular weight excluding hydrogens is 332 g/mol. The minimum Gasteiger partial charge on any atom is -0.492 e. The van der Waals surface area contributed by atoms with E-state index in [1.54, 1.807) is 13.3 Å². The second kappa shape index (κ2) is 9.26. The third-order valence-corrected chi connectivity index (χ3v) is 3.56. The molecule has 0 amide bonds. The molecule has 0 aliphatic heterocycles. The average Bonchev–Trinajstić information content (AvgIpc) is 3.36. The van der Waals surface area contributed by atoms with E-state index in [2.05, 4.69) is 30.8 Å². The summed E-state index contributed by atoms with van der Waals surface area (Å²) in [4.78, 5) is 8.59. The molecule has 0 spiro atoms. The van der Waals surface area contributed by atoms with Gasteiger partial charge in [-0.15, -0.1) is 0 Å². The van der Waals surface area contributed by atoms with Gasteiger partial charge in [0.05, 0.1) is 12.8 Å². The molecule has 26 heavy (non-hydrogen) atoms. The number of H-pyrrole nitrogens is 1. The Morgan fingerprint density at radius 3 is 2.77 bits per heavy atom. The van der Waals surface area contributed by atoms with Crippen LogP contribution in [0.15, 0.2) is 58.1 Å². The van der Waals surface area contributed by atoms with Crippen molar-refractivity contribution in [2.24, 2.45) is 4.99 Å². The van der Waals surface area contributed by atoms with Gasteiger partial charge in [0.15, 0.2) is 11.7 Å². The number of aliphatic imine (C=N–C) groups is 1. The molecular formula is C18H22N6O2. The van der Waals surface area contributed by atoms with Crippen LogP contribution < -0.4 is 15.4 Å². The van der Waals surface area contributed by atoms with Crippen LogP contribution in [0, 0.1) is 0 Å². The fourth-order valence-electron chi connectivity index (χ4n) is 2.30. The maximum atomic E-state index is 5.64. The number of rotatable bonds is 8. The molecule has 0 saturated heterocycles. The Morgan fingerprint density at radius 2 is 2.00 bits per heavy atom. The highest BCUT2D eigenvalue weighted by Gasteiger charge is 2.08. The summed E-state index contributed by atoms with van der Waals surface area (Å²) < 4.78 is 10.9. The molecule has 0 unspecified atom stereocenters. The van der Waals surface area contributed by atoms with Crippen LogP contribution in [-0.2, 0) is 6.42 Å². The molecule has 0 atom stereocenters. The molecule has 3 aromatic rings. The van der Waals surface area contributed by atoms with E-state index in [0.717, 1.165) is 11.6 Å². The minimum atomic E-state index is 0.555. The van der Waals surface area contributed by atoms with Gasteiger partial charge in [-0.05, 0) is 24.3 Å². The van der Waals surface area contributed by atoms with E-state index in [9.17, 15) is 0 Å². The van der Waals surface area contributed by atoms with Crippen molar-refractivity contribution < 1.29 is 9.15 Å². The molecule has 136 valence electrons. The number of aromatic nitrogens is 3. The summed E-state index contributed by atoms with van der Waals surface area (Å²) >= 11 is 0. The third-order valence-electron chi connectivity index (χ3n) is 3.56. The molecule has 3 N–H and O–H groups in total. The van der Waals surface area contributed by atoms with E-state index in [-0.39, 0.29) is 0 Å². The fraction of sp³-hybridized carbons (Fsp3) is 0.278. The van der Waals surface area contributed by atoms with Crippen molar-refractivity contribution in [2.75, 3.05) is 26.7 Å². The lowest BCUT2D eigenvalue weighted by molar-refractivity contribution is 0.322. The Balaban J connectivity index is 1.35. The molecule has 0 radical (unpaired) electrons. The smallest absolute Gasteiger partial charge is 0.216 e. The highest BCUT2D eigenvalue weighted by molar-refractivity contribution is 5.79. The molecule has 3 rings (SSSR count). The van der Waals surface area contributed by atoms with Gasteiger partial charge >= 0.3 is 0 Å². The van der Waals surface area contributed by atoms with Crippen molar-refractivity contribution >= 4 is 5.96 Å². The number of hydrogen-bond acceptors (Lipinski definition) is 5. The lowest BCUT2D eigenvalue weighted by atomic mass is 10.3. The molecule has 0 aliphatic rings. The van der Waals surface area contributed by atoms with Gasteiger partial charge in [0.1, 0.15) is 18.2 Å². The second-order valence-electron chi connectivity index (χ2n) is 5.42. The number of benzene rings is 1. The Hall–Kier alpha value is -3.29. The summed E-state index contributed by atoms with van der Waals surface area (Å²) in [5.74, 6) is 3.57. The van der Waals surface area contributed by atoms with Gasteiger partial charge in [-0.1, -0.05) is 18.2 Å². The first kappa shape index (κ1) is 17.5. The van der Waals surface area contributed by atoms with E-state index in [4.69, 9.17) is 9.15 Å². The van der Waals surface area contributed by atoms with Crippen LogP contribution in [-0.4, -0.2) is 47.9 Å². The number of nitrogens with zero attached hydrogens (tertiary/aromatic N) is 3. The van der Waals surface area contributed by atoms with Crippen molar-refractivity contribution in [3.63, 3.8) is 0 Å². The zero-order valence-corrected chi connectivity index (χ0v) is 14.6. The number of aromatic amines is 1. The average molecular weight is 354 g/mol. The van der Waals surface area contributed by atoms with Crippen molar-refractivity contribution in [1.29, 1.82) is 0 Å². The number of ether oxygens (including phenoxy) is 1. The van der Waals surface area contributed by atoms with Crippen molar-refractivity contribution in [3.05, 3.63) is 54.6 Å². The molecule has 0 saturated carbocycles. The van der Waals surface area contributed by atoms with Crippen molar-refractivity contribution in [2.45, 2.75) is 6.42 Å². The van der Waals surface area contributed by atoms with Crippen LogP contribution in [0.3, 0.4) is 0 Å². The Bertz CT molecular complexity index is 798. The van der Waals surface area contributed by atoms with Crippen molar-refractivity contribution in [1.82, 2.24) is 25.8 Å². The number of nitrogens with one attached hydrogen (secondary N) is 3. The van der Waals surface area contributed by atoms with Gasteiger partial charge < -0.3 is 19.8 Å². The zero-order valence-electron chi connectivity index (χ0n) is 14.6. The van der Waals surface area contributed by atoms with Crippen LogP contribution >= 0.6 is 0 Å². The highest BCUT2D eigenvalue weighted by Crippen LogP contribution is 2.14. The fourth-order valence-corrected chi connectivity index (χ4v) is 2.30. The molecule has 2 heterocycles. The Morgan fingerprint density at radius 1 is 1.15 bits per heavy atom. The zero-order chi connectivity index (χ0) is 18.0. The summed E-state index contributed by atoms with van der Waals surface area (Å²) in [6.45, 7) is 1.88. The summed E-state index contributed by atoms with van der Waals surface area (Å²) in [6, 6.07) is 13.4. The predicted molar refractivity (Wildman–Crippen MR) is 99.1 cm³/mol. The minimum absolute atomic E-state index is 0.555. The largest absolute Gasteiger partial charge is 0.492 e. The van der Waals surface area contributed by atoms with Gasteiger partial charge in [-0.2, -0.15) is 5.10 Å². The van der Waals surface area contributed by atoms with Crippen molar-refractivity contribution in [3.8, 4) is 17.3 Å². The normalized spacial score (nSPS) is 11.3. The SMILES string of the molecule is CN=C(NCCOc1ccccc1)NCCc1nc(-c2ccco2)n[nH]1. The lowest BCUT2D eigenvalue weighted by Gasteiger charge is -2.12. The highest BCUT2D eigenvalue weighted by atomic mass is 16.5. The van der Waals surface area contributed by atoms with E-state index < -0.39 is 0 Å². The molecule has 0 aliphatic carbocycles. The molecule has 2 aromatic heterocycles.